The Morgan fingerprint density at radius 2 is 1.67 bits per heavy atom. The van der Waals surface area contributed by atoms with E-state index in [1.165, 1.54) is 0 Å². The molecular formula is C12H28N2O. The molecule has 0 spiro atoms. The van der Waals surface area contributed by atoms with Crippen molar-refractivity contribution >= 4 is 0 Å². The van der Waals surface area contributed by atoms with Gasteiger partial charge in [-0.25, -0.2) is 0 Å². The van der Waals surface area contributed by atoms with Crippen LogP contribution >= 0.6 is 0 Å². The number of hydrogen-bond donors (Lipinski definition) is 1. The Bertz CT molecular complexity index is 130. The maximum atomic E-state index is 5.26. The topological polar surface area (TPSA) is 24.5 Å². The van der Waals surface area contributed by atoms with Crippen molar-refractivity contribution in [1.82, 2.24) is 10.2 Å². The molecule has 0 saturated carbocycles. The van der Waals surface area contributed by atoms with Crippen LogP contribution < -0.4 is 5.32 Å². The fraction of sp³-hybridized carbons (Fsp3) is 1.00. The molecule has 0 aromatic rings. The fourth-order valence-electron chi connectivity index (χ4n) is 1.73. The van der Waals surface area contributed by atoms with Crippen LogP contribution in [0.1, 0.15) is 34.6 Å². The van der Waals surface area contributed by atoms with Gasteiger partial charge in [0.15, 0.2) is 0 Å². The van der Waals surface area contributed by atoms with E-state index in [0.717, 1.165) is 32.8 Å². The molecule has 0 aliphatic carbocycles. The molecule has 0 saturated heterocycles. The Morgan fingerprint density at radius 1 is 1.07 bits per heavy atom. The average molecular weight is 216 g/mol. The fourth-order valence-corrected chi connectivity index (χ4v) is 1.73. The van der Waals surface area contributed by atoms with E-state index in [0.29, 0.717) is 12.1 Å². The lowest BCUT2D eigenvalue weighted by Crippen LogP contribution is -2.41. The molecule has 0 bridgehead atoms. The first-order valence-corrected chi connectivity index (χ1v) is 6.13. The van der Waals surface area contributed by atoms with Gasteiger partial charge in [0.05, 0.1) is 6.61 Å². The summed E-state index contributed by atoms with van der Waals surface area (Å²) < 4.78 is 5.26. The lowest BCUT2D eigenvalue weighted by atomic mass is 10.2. The first-order valence-electron chi connectivity index (χ1n) is 6.13. The first-order chi connectivity index (χ1) is 7.09. The monoisotopic (exact) mass is 216 g/mol. The largest absolute Gasteiger partial charge is 0.380 e. The van der Waals surface area contributed by atoms with E-state index < -0.39 is 0 Å². The van der Waals surface area contributed by atoms with Crippen molar-refractivity contribution in [2.24, 2.45) is 0 Å². The SMILES string of the molecule is CCOCCNCCN(C(C)C)C(C)C. The molecule has 0 atom stereocenters. The number of nitrogens with one attached hydrogen (secondary N) is 1. The second kappa shape index (κ2) is 9.13. The lowest BCUT2D eigenvalue weighted by molar-refractivity contribution is 0.144. The summed E-state index contributed by atoms with van der Waals surface area (Å²) in [5.41, 5.74) is 0. The van der Waals surface area contributed by atoms with E-state index in [1.807, 2.05) is 6.92 Å². The minimum absolute atomic E-state index is 0.624. The summed E-state index contributed by atoms with van der Waals surface area (Å²) in [6, 6.07) is 1.25. The van der Waals surface area contributed by atoms with Gasteiger partial charge < -0.3 is 10.1 Å². The van der Waals surface area contributed by atoms with Gasteiger partial charge in [-0.1, -0.05) is 0 Å². The van der Waals surface area contributed by atoms with Gasteiger partial charge in [0, 0.05) is 38.3 Å². The van der Waals surface area contributed by atoms with E-state index in [2.05, 4.69) is 37.9 Å². The molecule has 3 nitrogen and oxygen atoms in total. The van der Waals surface area contributed by atoms with E-state index >= 15 is 0 Å². The smallest absolute Gasteiger partial charge is 0.0590 e. The van der Waals surface area contributed by atoms with Crippen LogP contribution in [-0.2, 0) is 4.74 Å². The van der Waals surface area contributed by atoms with Crippen molar-refractivity contribution in [3.63, 3.8) is 0 Å². The molecule has 0 heterocycles. The van der Waals surface area contributed by atoms with Gasteiger partial charge in [-0.3, -0.25) is 4.90 Å². The summed E-state index contributed by atoms with van der Waals surface area (Å²) in [5.74, 6) is 0. The van der Waals surface area contributed by atoms with E-state index in [-0.39, 0.29) is 0 Å². The quantitative estimate of drug-likeness (QED) is 0.594. The highest BCUT2D eigenvalue weighted by molar-refractivity contribution is 4.68. The highest BCUT2D eigenvalue weighted by Gasteiger charge is 2.11. The van der Waals surface area contributed by atoms with Crippen molar-refractivity contribution < 1.29 is 4.74 Å². The molecule has 0 aliphatic heterocycles. The Morgan fingerprint density at radius 3 is 2.13 bits per heavy atom. The molecule has 0 fully saturated rings. The summed E-state index contributed by atoms with van der Waals surface area (Å²) in [5, 5.41) is 3.39. The maximum absolute atomic E-state index is 5.26. The molecule has 0 aromatic carbocycles. The standard InChI is InChI=1S/C12H28N2O/c1-6-15-10-8-13-7-9-14(11(2)3)12(4)5/h11-13H,6-10H2,1-5H3. The Kier molecular flexibility index (Phi) is 9.06. The van der Waals surface area contributed by atoms with Gasteiger partial charge in [0.25, 0.3) is 0 Å². The van der Waals surface area contributed by atoms with Crippen LogP contribution in [0.4, 0.5) is 0 Å². The molecule has 3 heteroatoms. The van der Waals surface area contributed by atoms with Crippen molar-refractivity contribution in [3.05, 3.63) is 0 Å². The Labute approximate surface area is 95.2 Å². The normalized spacial score (nSPS) is 12.0. The lowest BCUT2D eigenvalue weighted by Gasteiger charge is -2.30. The predicted octanol–water partition coefficient (Wildman–Crippen LogP) is 1.73. The molecular weight excluding hydrogens is 188 g/mol. The third-order valence-corrected chi connectivity index (χ3v) is 2.50. The van der Waals surface area contributed by atoms with Crippen LogP contribution in [0.25, 0.3) is 0 Å². The van der Waals surface area contributed by atoms with Crippen LogP contribution in [0, 0.1) is 0 Å². The van der Waals surface area contributed by atoms with Gasteiger partial charge in [0.1, 0.15) is 0 Å². The van der Waals surface area contributed by atoms with Crippen molar-refractivity contribution in [2.45, 2.75) is 46.7 Å². The second-order valence-corrected chi connectivity index (χ2v) is 4.37. The van der Waals surface area contributed by atoms with Gasteiger partial charge in [-0.05, 0) is 34.6 Å². The molecule has 15 heavy (non-hydrogen) atoms. The number of rotatable bonds is 9. The zero-order valence-electron chi connectivity index (χ0n) is 11.0. The van der Waals surface area contributed by atoms with Gasteiger partial charge in [-0.15, -0.1) is 0 Å². The Balaban J connectivity index is 3.46. The highest BCUT2D eigenvalue weighted by atomic mass is 16.5. The Hall–Kier alpha value is -0.120. The van der Waals surface area contributed by atoms with Crippen molar-refractivity contribution in [3.8, 4) is 0 Å². The summed E-state index contributed by atoms with van der Waals surface area (Å²) >= 11 is 0. The van der Waals surface area contributed by atoms with Gasteiger partial charge >= 0.3 is 0 Å². The summed E-state index contributed by atoms with van der Waals surface area (Å²) in [7, 11) is 0. The summed E-state index contributed by atoms with van der Waals surface area (Å²) in [6.07, 6.45) is 0. The minimum atomic E-state index is 0.624. The third kappa shape index (κ3) is 7.77. The van der Waals surface area contributed by atoms with Gasteiger partial charge in [-0.2, -0.15) is 0 Å². The van der Waals surface area contributed by atoms with Crippen LogP contribution in [0.2, 0.25) is 0 Å². The van der Waals surface area contributed by atoms with E-state index in [4.69, 9.17) is 4.74 Å². The zero-order chi connectivity index (χ0) is 11.7. The summed E-state index contributed by atoms with van der Waals surface area (Å²) in [6.45, 7) is 15.8. The highest BCUT2D eigenvalue weighted by Crippen LogP contribution is 2.02. The zero-order valence-corrected chi connectivity index (χ0v) is 11.0. The van der Waals surface area contributed by atoms with Crippen LogP contribution in [0.15, 0.2) is 0 Å². The third-order valence-electron chi connectivity index (χ3n) is 2.50. The van der Waals surface area contributed by atoms with E-state index in [9.17, 15) is 0 Å². The molecule has 0 radical (unpaired) electrons. The molecule has 0 rings (SSSR count). The molecule has 92 valence electrons. The molecule has 1 N–H and O–H groups in total. The number of ether oxygens (including phenoxy) is 1. The molecule has 0 aliphatic rings. The van der Waals surface area contributed by atoms with Crippen LogP contribution in [0.5, 0.6) is 0 Å². The van der Waals surface area contributed by atoms with E-state index in [1.54, 1.807) is 0 Å². The van der Waals surface area contributed by atoms with Crippen molar-refractivity contribution in [1.29, 1.82) is 0 Å². The predicted molar refractivity (Wildman–Crippen MR) is 66.3 cm³/mol. The summed E-state index contributed by atoms with van der Waals surface area (Å²) in [4.78, 5) is 2.49. The maximum Gasteiger partial charge on any atom is 0.0590 e. The number of hydrogen-bond acceptors (Lipinski definition) is 3. The van der Waals surface area contributed by atoms with Crippen LogP contribution in [0.3, 0.4) is 0 Å². The van der Waals surface area contributed by atoms with Crippen LogP contribution in [-0.4, -0.2) is 49.8 Å². The molecule has 0 aromatic heterocycles. The van der Waals surface area contributed by atoms with Gasteiger partial charge in [0.2, 0.25) is 0 Å². The molecule has 0 amide bonds. The number of nitrogens with zero attached hydrogens (tertiary/aromatic N) is 1. The second-order valence-electron chi connectivity index (χ2n) is 4.37. The van der Waals surface area contributed by atoms with Crippen molar-refractivity contribution in [2.75, 3.05) is 32.8 Å². The minimum Gasteiger partial charge on any atom is -0.380 e. The first kappa shape index (κ1) is 14.9. The average Bonchev–Trinajstić information content (AvgIpc) is 2.15. The molecule has 0 unspecified atom stereocenters.